The summed E-state index contributed by atoms with van der Waals surface area (Å²) < 4.78 is 6.23. The number of aryl methyl sites for hydroxylation is 3. The maximum Gasteiger partial charge on any atom is 0.266 e. The normalized spacial score (nSPS) is 10.9. The van der Waals surface area contributed by atoms with Gasteiger partial charge in [0, 0.05) is 11.4 Å². The number of amides is 2. The van der Waals surface area contributed by atoms with Crippen LogP contribution in [0.15, 0.2) is 70.7 Å². The fourth-order valence-electron chi connectivity index (χ4n) is 3.07. The molecule has 0 spiro atoms. The number of anilines is 2. The number of nitrogens with zero attached hydrogens (tertiary/aromatic N) is 1. The Hall–Kier alpha value is -3.89. The lowest BCUT2D eigenvalue weighted by atomic mass is 10.1. The van der Waals surface area contributed by atoms with Crippen molar-refractivity contribution in [2.75, 3.05) is 17.2 Å². The van der Waals surface area contributed by atoms with E-state index < -0.39 is 5.91 Å². The van der Waals surface area contributed by atoms with Gasteiger partial charge in [-0.3, -0.25) is 9.59 Å². The second kappa shape index (κ2) is 11.3. The van der Waals surface area contributed by atoms with E-state index >= 15 is 0 Å². The van der Waals surface area contributed by atoms with Gasteiger partial charge in [-0.15, -0.1) is 0 Å². The van der Waals surface area contributed by atoms with Crippen LogP contribution in [0.3, 0.4) is 0 Å². The lowest BCUT2D eigenvalue weighted by Gasteiger charge is -2.11. The van der Waals surface area contributed by atoms with Crippen LogP contribution in [-0.2, 0) is 9.59 Å². The number of nitrogens with one attached hydrogen (secondary N) is 2. The zero-order valence-electron chi connectivity index (χ0n) is 19.1. The predicted molar refractivity (Wildman–Crippen MR) is 138 cm³/mol. The van der Waals surface area contributed by atoms with Gasteiger partial charge in [0.25, 0.3) is 11.8 Å². The molecule has 2 amide bonds. The highest BCUT2D eigenvalue weighted by Gasteiger charge is 2.12. The summed E-state index contributed by atoms with van der Waals surface area (Å²) in [7, 11) is 0. The average Bonchev–Trinajstić information content (AvgIpc) is 2.80. The van der Waals surface area contributed by atoms with Crippen molar-refractivity contribution in [2.24, 2.45) is 0 Å². The van der Waals surface area contributed by atoms with Crippen molar-refractivity contribution in [3.8, 4) is 11.8 Å². The zero-order chi connectivity index (χ0) is 24.7. The van der Waals surface area contributed by atoms with E-state index in [1.54, 1.807) is 30.3 Å². The third-order valence-electron chi connectivity index (χ3n) is 4.97. The Bertz CT molecular complexity index is 1290. The SMILES string of the molecule is Cc1ccc(NC(=O)/C(C#N)=C\c2ccc(OCC(=O)Nc3cc(C)ccc3C)c(Br)c2)cc1. The average molecular weight is 518 g/mol. The van der Waals surface area contributed by atoms with Crippen LogP contribution < -0.4 is 15.4 Å². The molecule has 7 heteroatoms. The van der Waals surface area contributed by atoms with Crippen LogP contribution in [0.25, 0.3) is 6.08 Å². The first-order valence-electron chi connectivity index (χ1n) is 10.5. The lowest BCUT2D eigenvalue weighted by molar-refractivity contribution is -0.118. The van der Waals surface area contributed by atoms with Crippen LogP contribution in [0.5, 0.6) is 5.75 Å². The first-order valence-corrected chi connectivity index (χ1v) is 11.3. The number of benzene rings is 3. The van der Waals surface area contributed by atoms with E-state index in [1.165, 1.54) is 6.08 Å². The summed E-state index contributed by atoms with van der Waals surface area (Å²) >= 11 is 3.43. The molecule has 0 aromatic heterocycles. The molecule has 3 aromatic rings. The molecule has 0 aliphatic rings. The summed E-state index contributed by atoms with van der Waals surface area (Å²) in [4.78, 5) is 24.8. The number of rotatable bonds is 7. The van der Waals surface area contributed by atoms with Crippen molar-refractivity contribution < 1.29 is 14.3 Å². The summed E-state index contributed by atoms with van der Waals surface area (Å²) in [5, 5.41) is 15.0. The van der Waals surface area contributed by atoms with Gasteiger partial charge in [0.1, 0.15) is 17.4 Å². The first kappa shape index (κ1) is 24.7. The highest BCUT2D eigenvalue weighted by Crippen LogP contribution is 2.27. The van der Waals surface area contributed by atoms with Gasteiger partial charge in [-0.2, -0.15) is 5.26 Å². The van der Waals surface area contributed by atoms with Gasteiger partial charge in [-0.1, -0.05) is 35.9 Å². The molecule has 0 radical (unpaired) electrons. The Morgan fingerprint density at radius 3 is 2.35 bits per heavy atom. The molecule has 0 heterocycles. The van der Waals surface area contributed by atoms with Crippen molar-refractivity contribution >= 4 is 45.2 Å². The molecule has 172 valence electrons. The third-order valence-corrected chi connectivity index (χ3v) is 5.59. The minimum absolute atomic E-state index is 0.0333. The molecular weight excluding hydrogens is 494 g/mol. The Kier molecular flexibility index (Phi) is 8.23. The summed E-state index contributed by atoms with van der Waals surface area (Å²) in [6, 6.07) is 20.2. The van der Waals surface area contributed by atoms with Crippen molar-refractivity contribution in [1.82, 2.24) is 0 Å². The Labute approximate surface area is 207 Å². The minimum atomic E-state index is -0.495. The molecule has 0 saturated carbocycles. The molecular formula is C27H24BrN3O3. The van der Waals surface area contributed by atoms with Crippen LogP contribution in [0.1, 0.15) is 22.3 Å². The standard InChI is InChI=1S/C27H24BrN3O3/c1-17-5-9-22(10-6-17)30-27(33)21(15-29)13-20-8-11-25(23(28)14-20)34-16-26(32)31-24-12-18(2)4-7-19(24)3/h4-14H,16H2,1-3H3,(H,30,33)(H,31,32)/b21-13-. The number of hydrogen-bond donors (Lipinski definition) is 2. The van der Waals surface area contributed by atoms with E-state index in [1.807, 2.05) is 57.2 Å². The number of carbonyl (C=O) groups is 2. The van der Waals surface area contributed by atoms with E-state index in [0.29, 0.717) is 21.5 Å². The Morgan fingerprint density at radius 1 is 0.971 bits per heavy atom. The zero-order valence-corrected chi connectivity index (χ0v) is 20.7. The highest BCUT2D eigenvalue weighted by atomic mass is 79.9. The monoisotopic (exact) mass is 517 g/mol. The molecule has 3 aromatic carbocycles. The molecule has 0 saturated heterocycles. The quantitative estimate of drug-likeness (QED) is 0.299. The van der Waals surface area contributed by atoms with Crippen LogP contribution in [0.2, 0.25) is 0 Å². The molecule has 2 N–H and O–H groups in total. The summed E-state index contributed by atoms with van der Waals surface area (Å²) in [6.07, 6.45) is 1.49. The number of ether oxygens (including phenoxy) is 1. The summed E-state index contributed by atoms with van der Waals surface area (Å²) in [6.45, 7) is 5.68. The van der Waals surface area contributed by atoms with E-state index in [0.717, 1.165) is 22.4 Å². The molecule has 34 heavy (non-hydrogen) atoms. The molecule has 0 bridgehead atoms. The molecule has 0 aliphatic heterocycles. The van der Waals surface area contributed by atoms with Crippen molar-refractivity contribution in [1.29, 1.82) is 5.26 Å². The fraction of sp³-hybridized carbons (Fsp3) is 0.148. The number of carbonyl (C=O) groups excluding carboxylic acids is 2. The lowest BCUT2D eigenvalue weighted by Crippen LogP contribution is -2.20. The van der Waals surface area contributed by atoms with E-state index in [2.05, 4.69) is 26.6 Å². The number of hydrogen-bond acceptors (Lipinski definition) is 4. The van der Waals surface area contributed by atoms with Crippen LogP contribution >= 0.6 is 15.9 Å². The second-order valence-corrected chi connectivity index (χ2v) is 8.69. The second-order valence-electron chi connectivity index (χ2n) is 7.84. The highest BCUT2D eigenvalue weighted by molar-refractivity contribution is 9.10. The molecule has 0 aliphatic carbocycles. The molecule has 3 rings (SSSR count). The maximum absolute atomic E-state index is 12.5. The third kappa shape index (κ3) is 6.80. The van der Waals surface area contributed by atoms with Gasteiger partial charge in [0.05, 0.1) is 4.47 Å². The van der Waals surface area contributed by atoms with E-state index in [9.17, 15) is 14.9 Å². The minimum Gasteiger partial charge on any atom is -0.483 e. The van der Waals surface area contributed by atoms with Gasteiger partial charge in [0.2, 0.25) is 0 Å². The topological polar surface area (TPSA) is 91.2 Å². The van der Waals surface area contributed by atoms with Gasteiger partial charge >= 0.3 is 0 Å². The first-order chi connectivity index (χ1) is 16.2. The van der Waals surface area contributed by atoms with Gasteiger partial charge in [-0.25, -0.2) is 0 Å². The Morgan fingerprint density at radius 2 is 1.68 bits per heavy atom. The van der Waals surface area contributed by atoms with E-state index in [-0.39, 0.29) is 18.1 Å². The van der Waals surface area contributed by atoms with Crippen LogP contribution in [-0.4, -0.2) is 18.4 Å². The molecule has 0 atom stereocenters. The van der Waals surface area contributed by atoms with Crippen molar-refractivity contribution in [3.05, 3.63) is 93.0 Å². The largest absolute Gasteiger partial charge is 0.483 e. The summed E-state index contributed by atoms with van der Waals surface area (Å²) in [5.41, 5.74) is 5.06. The van der Waals surface area contributed by atoms with Gasteiger partial charge in [-0.05, 0) is 89.8 Å². The summed E-state index contributed by atoms with van der Waals surface area (Å²) in [5.74, 6) is -0.300. The molecule has 0 unspecified atom stereocenters. The van der Waals surface area contributed by atoms with Crippen molar-refractivity contribution in [2.45, 2.75) is 20.8 Å². The maximum atomic E-state index is 12.5. The number of nitriles is 1. The van der Waals surface area contributed by atoms with Crippen molar-refractivity contribution in [3.63, 3.8) is 0 Å². The number of halogens is 1. The van der Waals surface area contributed by atoms with Crippen LogP contribution in [0, 0.1) is 32.1 Å². The van der Waals surface area contributed by atoms with Gasteiger partial charge < -0.3 is 15.4 Å². The Balaban J connectivity index is 1.64. The smallest absolute Gasteiger partial charge is 0.266 e. The fourth-order valence-corrected chi connectivity index (χ4v) is 3.59. The molecule has 6 nitrogen and oxygen atoms in total. The molecule has 0 fully saturated rings. The van der Waals surface area contributed by atoms with E-state index in [4.69, 9.17) is 4.74 Å². The predicted octanol–water partition coefficient (Wildman–Crippen LogP) is 5.94. The van der Waals surface area contributed by atoms with Crippen LogP contribution in [0.4, 0.5) is 11.4 Å². The van der Waals surface area contributed by atoms with Gasteiger partial charge in [0.15, 0.2) is 6.61 Å².